The van der Waals surface area contributed by atoms with E-state index in [1.807, 2.05) is 0 Å². The minimum Gasteiger partial charge on any atom is -0.314 e. The van der Waals surface area contributed by atoms with Crippen LogP contribution in [0.1, 0.15) is 11.8 Å². The molecule has 0 atom stereocenters. The number of hydrogen-bond donors (Lipinski definition) is 1. The van der Waals surface area contributed by atoms with Crippen LogP contribution in [0.4, 0.5) is 0 Å². The Labute approximate surface area is 85.6 Å². The van der Waals surface area contributed by atoms with Gasteiger partial charge in [0.1, 0.15) is 0 Å². The SMILES string of the molecule is CCNCC=Cc1ccc(Br)s1. The maximum Gasteiger partial charge on any atom is 0.0704 e. The second-order valence-electron chi connectivity index (χ2n) is 2.35. The fraction of sp³-hybridized carbons (Fsp3) is 0.333. The zero-order chi connectivity index (χ0) is 8.81. The van der Waals surface area contributed by atoms with Gasteiger partial charge < -0.3 is 5.32 Å². The van der Waals surface area contributed by atoms with Gasteiger partial charge in [0.25, 0.3) is 0 Å². The smallest absolute Gasteiger partial charge is 0.0704 e. The average Bonchev–Trinajstić information content (AvgIpc) is 2.45. The average molecular weight is 246 g/mol. The van der Waals surface area contributed by atoms with Crippen molar-refractivity contribution >= 4 is 33.3 Å². The fourth-order valence-electron chi connectivity index (χ4n) is 0.821. The first kappa shape index (κ1) is 9.96. The molecule has 0 aromatic carbocycles. The van der Waals surface area contributed by atoms with Crippen LogP contribution in [0.3, 0.4) is 0 Å². The van der Waals surface area contributed by atoms with E-state index in [1.54, 1.807) is 11.3 Å². The van der Waals surface area contributed by atoms with Gasteiger partial charge in [0.15, 0.2) is 0 Å². The van der Waals surface area contributed by atoms with E-state index in [2.05, 4.69) is 52.5 Å². The van der Waals surface area contributed by atoms with Crippen molar-refractivity contribution in [3.8, 4) is 0 Å². The zero-order valence-electron chi connectivity index (χ0n) is 7.01. The Morgan fingerprint density at radius 2 is 2.42 bits per heavy atom. The summed E-state index contributed by atoms with van der Waals surface area (Å²) in [5, 5.41) is 3.23. The molecule has 0 aliphatic carbocycles. The summed E-state index contributed by atoms with van der Waals surface area (Å²) in [6.45, 7) is 4.08. The number of likely N-dealkylation sites (N-methyl/N-ethyl adjacent to an activating group) is 1. The second kappa shape index (κ2) is 5.51. The lowest BCUT2D eigenvalue weighted by Crippen LogP contribution is -2.11. The predicted molar refractivity (Wildman–Crippen MR) is 59.6 cm³/mol. The van der Waals surface area contributed by atoms with Gasteiger partial charge in [-0.15, -0.1) is 11.3 Å². The van der Waals surface area contributed by atoms with E-state index in [0.717, 1.165) is 13.1 Å². The van der Waals surface area contributed by atoms with E-state index < -0.39 is 0 Å². The summed E-state index contributed by atoms with van der Waals surface area (Å²) in [7, 11) is 0. The molecule has 0 saturated carbocycles. The number of halogens is 1. The van der Waals surface area contributed by atoms with Gasteiger partial charge in [0.05, 0.1) is 3.79 Å². The van der Waals surface area contributed by atoms with Gasteiger partial charge in [0.2, 0.25) is 0 Å². The number of nitrogens with one attached hydrogen (secondary N) is 1. The fourth-order valence-corrected chi connectivity index (χ4v) is 2.18. The summed E-state index contributed by atoms with van der Waals surface area (Å²) in [5.74, 6) is 0. The molecule has 0 aliphatic heterocycles. The molecule has 66 valence electrons. The molecule has 1 N–H and O–H groups in total. The van der Waals surface area contributed by atoms with Crippen molar-refractivity contribution in [2.45, 2.75) is 6.92 Å². The highest BCUT2D eigenvalue weighted by Crippen LogP contribution is 2.22. The third-order valence-electron chi connectivity index (χ3n) is 1.39. The van der Waals surface area contributed by atoms with Gasteiger partial charge in [0, 0.05) is 11.4 Å². The number of hydrogen-bond acceptors (Lipinski definition) is 2. The Morgan fingerprint density at radius 3 is 3.00 bits per heavy atom. The summed E-state index contributed by atoms with van der Waals surface area (Å²) in [6, 6.07) is 4.18. The van der Waals surface area contributed by atoms with E-state index in [1.165, 1.54) is 8.66 Å². The van der Waals surface area contributed by atoms with Gasteiger partial charge >= 0.3 is 0 Å². The van der Waals surface area contributed by atoms with Gasteiger partial charge in [-0.1, -0.05) is 13.0 Å². The Bertz CT molecular complexity index is 255. The number of thiophene rings is 1. The van der Waals surface area contributed by atoms with Crippen LogP contribution in [-0.2, 0) is 0 Å². The molecule has 0 fully saturated rings. The Kier molecular flexibility index (Phi) is 4.58. The van der Waals surface area contributed by atoms with Crippen molar-refractivity contribution in [1.29, 1.82) is 0 Å². The van der Waals surface area contributed by atoms with Gasteiger partial charge in [-0.25, -0.2) is 0 Å². The molecular weight excluding hydrogens is 234 g/mol. The van der Waals surface area contributed by atoms with Crippen molar-refractivity contribution in [1.82, 2.24) is 5.32 Å². The largest absolute Gasteiger partial charge is 0.314 e. The zero-order valence-corrected chi connectivity index (χ0v) is 9.41. The van der Waals surface area contributed by atoms with Crippen LogP contribution in [0.2, 0.25) is 0 Å². The molecule has 0 radical (unpaired) electrons. The summed E-state index contributed by atoms with van der Waals surface area (Å²) < 4.78 is 1.19. The standard InChI is InChI=1S/C9H12BrNS/c1-2-11-7-3-4-8-5-6-9(10)12-8/h3-6,11H,2,7H2,1H3. The molecule has 1 aromatic rings. The molecular formula is C9H12BrNS. The maximum absolute atomic E-state index is 3.42. The maximum atomic E-state index is 3.42. The van der Waals surface area contributed by atoms with Crippen LogP contribution in [0, 0.1) is 0 Å². The van der Waals surface area contributed by atoms with Crippen molar-refractivity contribution < 1.29 is 0 Å². The first-order chi connectivity index (χ1) is 5.83. The van der Waals surface area contributed by atoms with E-state index in [0.29, 0.717) is 0 Å². The number of rotatable bonds is 4. The Morgan fingerprint density at radius 1 is 1.58 bits per heavy atom. The second-order valence-corrected chi connectivity index (χ2v) is 4.85. The normalized spacial score (nSPS) is 11.2. The first-order valence-corrected chi connectivity index (χ1v) is 5.56. The van der Waals surface area contributed by atoms with Crippen molar-refractivity contribution in [3.63, 3.8) is 0 Å². The highest BCUT2D eigenvalue weighted by Gasteiger charge is 1.90. The molecule has 1 nitrogen and oxygen atoms in total. The van der Waals surface area contributed by atoms with Crippen molar-refractivity contribution in [2.24, 2.45) is 0 Å². The monoisotopic (exact) mass is 245 g/mol. The molecule has 3 heteroatoms. The Balaban J connectivity index is 2.36. The van der Waals surface area contributed by atoms with Crippen LogP contribution < -0.4 is 5.32 Å². The third kappa shape index (κ3) is 3.52. The minimum absolute atomic E-state index is 0.950. The molecule has 0 aliphatic rings. The molecule has 0 amide bonds. The minimum atomic E-state index is 0.950. The summed E-state index contributed by atoms with van der Waals surface area (Å²) >= 11 is 5.17. The van der Waals surface area contributed by atoms with Crippen molar-refractivity contribution in [2.75, 3.05) is 13.1 Å². The summed E-state index contributed by atoms with van der Waals surface area (Å²) in [4.78, 5) is 1.29. The Hall–Kier alpha value is -0.120. The molecule has 1 rings (SSSR count). The lowest BCUT2D eigenvalue weighted by molar-refractivity contribution is 0.801. The molecule has 0 saturated heterocycles. The summed E-state index contributed by atoms with van der Waals surface area (Å²) in [5.41, 5.74) is 0. The van der Waals surface area contributed by atoms with Gasteiger partial charge in [-0.05, 0) is 40.7 Å². The van der Waals surface area contributed by atoms with Gasteiger partial charge in [-0.3, -0.25) is 0 Å². The van der Waals surface area contributed by atoms with Crippen LogP contribution in [0.25, 0.3) is 6.08 Å². The molecule has 1 heterocycles. The molecule has 1 aromatic heterocycles. The van der Waals surface area contributed by atoms with Crippen LogP contribution in [0.5, 0.6) is 0 Å². The van der Waals surface area contributed by atoms with Crippen molar-refractivity contribution in [3.05, 3.63) is 26.9 Å². The topological polar surface area (TPSA) is 12.0 Å². The molecule has 0 bridgehead atoms. The van der Waals surface area contributed by atoms with E-state index in [-0.39, 0.29) is 0 Å². The van der Waals surface area contributed by atoms with E-state index >= 15 is 0 Å². The lowest BCUT2D eigenvalue weighted by Gasteiger charge is -1.91. The van der Waals surface area contributed by atoms with E-state index in [9.17, 15) is 0 Å². The predicted octanol–water partition coefficient (Wildman–Crippen LogP) is 3.13. The van der Waals surface area contributed by atoms with Crippen LogP contribution >= 0.6 is 27.3 Å². The summed E-state index contributed by atoms with van der Waals surface area (Å²) in [6.07, 6.45) is 4.28. The quantitative estimate of drug-likeness (QED) is 0.805. The molecule has 0 unspecified atom stereocenters. The molecule has 0 spiro atoms. The van der Waals surface area contributed by atoms with Gasteiger partial charge in [-0.2, -0.15) is 0 Å². The van der Waals surface area contributed by atoms with Crippen LogP contribution in [-0.4, -0.2) is 13.1 Å². The highest BCUT2D eigenvalue weighted by atomic mass is 79.9. The first-order valence-electron chi connectivity index (χ1n) is 3.95. The van der Waals surface area contributed by atoms with Crippen LogP contribution in [0.15, 0.2) is 22.0 Å². The molecule has 12 heavy (non-hydrogen) atoms. The lowest BCUT2D eigenvalue weighted by atomic mass is 10.4. The highest BCUT2D eigenvalue weighted by molar-refractivity contribution is 9.11. The third-order valence-corrected chi connectivity index (χ3v) is 2.98. The van der Waals surface area contributed by atoms with E-state index in [4.69, 9.17) is 0 Å².